The SMILES string of the molecule is [C-]#[N+]c1ccc(NC(=O)c2cc(CNC(=O)c3ccc(OC)cc3)on2)cc1. The van der Waals surface area contributed by atoms with Gasteiger partial charge in [-0.25, -0.2) is 4.85 Å². The van der Waals surface area contributed by atoms with E-state index in [4.69, 9.17) is 15.8 Å². The van der Waals surface area contributed by atoms with Crippen molar-refractivity contribution in [2.45, 2.75) is 6.54 Å². The second-order valence-electron chi connectivity index (χ2n) is 5.70. The molecule has 1 aromatic heterocycles. The van der Waals surface area contributed by atoms with Crippen LogP contribution in [0, 0.1) is 6.57 Å². The minimum absolute atomic E-state index is 0.0861. The summed E-state index contributed by atoms with van der Waals surface area (Å²) in [7, 11) is 1.55. The number of methoxy groups -OCH3 is 1. The van der Waals surface area contributed by atoms with Crippen LogP contribution in [-0.4, -0.2) is 24.1 Å². The smallest absolute Gasteiger partial charge is 0.277 e. The Hall–Kier alpha value is -4.12. The zero-order valence-corrected chi connectivity index (χ0v) is 14.9. The first-order chi connectivity index (χ1) is 13.6. The number of rotatable bonds is 6. The van der Waals surface area contributed by atoms with E-state index in [0.29, 0.717) is 28.4 Å². The van der Waals surface area contributed by atoms with Gasteiger partial charge in [-0.15, -0.1) is 0 Å². The predicted octanol–water partition coefficient (Wildman–Crippen LogP) is 3.42. The fourth-order valence-electron chi connectivity index (χ4n) is 2.33. The van der Waals surface area contributed by atoms with Gasteiger partial charge in [0.05, 0.1) is 20.2 Å². The van der Waals surface area contributed by atoms with Gasteiger partial charge in [0.2, 0.25) is 0 Å². The second-order valence-corrected chi connectivity index (χ2v) is 5.70. The molecule has 8 nitrogen and oxygen atoms in total. The highest BCUT2D eigenvalue weighted by Gasteiger charge is 2.14. The quantitative estimate of drug-likeness (QED) is 0.643. The molecule has 1 heterocycles. The van der Waals surface area contributed by atoms with Crippen LogP contribution in [0.3, 0.4) is 0 Å². The lowest BCUT2D eigenvalue weighted by Crippen LogP contribution is -2.22. The van der Waals surface area contributed by atoms with Crippen molar-refractivity contribution in [2.24, 2.45) is 0 Å². The van der Waals surface area contributed by atoms with Gasteiger partial charge in [-0.3, -0.25) is 9.59 Å². The first kappa shape index (κ1) is 18.7. The van der Waals surface area contributed by atoms with Crippen LogP contribution in [0.15, 0.2) is 59.1 Å². The van der Waals surface area contributed by atoms with Crippen LogP contribution in [0.2, 0.25) is 0 Å². The Bertz CT molecular complexity index is 1020. The maximum atomic E-state index is 12.2. The molecule has 0 aliphatic heterocycles. The number of carbonyl (C=O) groups is 2. The molecule has 3 rings (SSSR count). The van der Waals surface area contributed by atoms with Gasteiger partial charge in [0.15, 0.2) is 17.1 Å². The van der Waals surface area contributed by atoms with Crippen molar-refractivity contribution in [2.75, 3.05) is 12.4 Å². The van der Waals surface area contributed by atoms with Gasteiger partial charge in [0.25, 0.3) is 11.8 Å². The Morgan fingerprint density at radius 3 is 2.46 bits per heavy atom. The summed E-state index contributed by atoms with van der Waals surface area (Å²) in [4.78, 5) is 27.6. The fourth-order valence-corrected chi connectivity index (χ4v) is 2.33. The number of aromatic nitrogens is 1. The van der Waals surface area contributed by atoms with Crippen LogP contribution in [0.25, 0.3) is 4.85 Å². The highest BCUT2D eigenvalue weighted by atomic mass is 16.5. The minimum atomic E-state index is -0.452. The number of nitrogens with zero attached hydrogens (tertiary/aromatic N) is 2. The van der Waals surface area contributed by atoms with Gasteiger partial charge in [-0.05, 0) is 36.4 Å². The number of carbonyl (C=O) groups excluding carboxylic acids is 2. The summed E-state index contributed by atoms with van der Waals surface area (Å²) in [5, 5.41) is 9.07. The number of anilines is 1. The lowest BCUT2D eigenvalue weighted by Gasteiger charge is -2.04. The van der Waals surface area contributed by atoms with E-state index in [0.717, 1.165) is 0 Å². The lowest BCUT2D eigenvalue weighted by molar-refractivity contribution is 0.0945. The van der Waals surface area contributed by atoms with Crippen molar-refractivity contribution >= 4 is 23.2 Å². The minimum Gasteiger partial charge on any atom is -0.497 e. The largest absolute Gasteiger partial charge is 0.497 e. The van der Waals surface area contributed by atoms with Gasteiger partial charge in [0, 0.05) is 17.3 Å². The fraction of sp³-hybridized carbons (Fsp3) is 0.100. The monoisotopic (exact) mass is 376 g/mol. The molecule has 0 fully saturated rings. The van der Waals surface area contributed by atoms with Crippen LogP contribution in [-0.2, 0) is 6.54 Å². The van der Waals surface area contributed by atoms with E-state index in [9.17, 15) is 9.59 Å². The summed E-state index contributed by atoms with van der Waals surface area (Å²) in [6, 6.07) is 14.6. The van der Waals surface area contributed by atoms with E-state index in [1.54, 1.807) is 55.6 Å². The number of nitrogens with one attached hydrogen (secondary N) is 2. The molecule has 0 unspecified atom stereocenters. The maximum Gasteiger partial charge on any atom is 0.277 e. The number of ether oxygens (including phenoxy) is 1. The number of hydrogen-bond donors (Lipinski definition) is 2. The van der Waals surface area contributed by atoms with Crippen LogP contribution < -0.4 is 15.4 Å². The molecule has 0 aliphatic rings. The van der Waals surface area contributed by atoms with Crippen LogP contribution >= 0.6 is 0 Å². The third-order valence-electron chi connectivity index (χ3n) is 3.82. The molecule has 8 heteroatoms. The van der Waals surface area contributed by atoms with Crippen LogP contribution in [0.5, 0.6) is 5.75 Å². The van der Waals surface area contributed by atoms with Crippen LogP contribution in [0.4, 0.5) is 11.4 Å². The lowest BCUT2D eigenvalue weighted by atomic mass is 10.2. The number of benzene rings is 2. The van der Waals surface area contributed by atoms with E-state index in [2.05, 4.69) is 20.6 Å². The summed E-state index contributed by atoms with van der Waals surface area (Å²) in [6.07, 6.45) is 0. The average Bonchev–Trinajstić information content (AvgIpc) is 3.22. The number of hydrogen-bond acceptors (Lipinski definition) is 5. The van der Waals surface area contributed by atoms with Gasteiger partial charge in [-0.1, -0.05) is 17.3 Å². The third-order valence-corrected chi connectivity index (χ3v) is 3.82. The molecule has 2 aromatic carbocycles. The molecule has 0 radical (unpaired) electrons. The zero-order chi connectivity index (χ0) is 19.9. The summed E-state index contributed by atoms with van der Waals surface area (Å²) in [5.74, 6) is 0.263. The molecule has 0 aliphatic carbocycles. The van der Waals surface area contributed by atoms with Gasteiger partial charge < -0.3 is 19.9 Å². The topological polar surface area (TPSA) is 97.8 Å². The molecule has 2 N–H and O–H groups in total. The number of amides is 2. The molecule has 0 spiro atoms. The molecule has 0 bridgehead atoms. The Morgan fingerprint density at radius 2 is 1.82 bits per heavy atom. The third kappa shape index (κ3) is 4.53. The molecule has 2 amide bonds. The second kappa shape index (κ2) is 8.51. The van der Waals surface area contributed by atoms with E-state index < -0.39 is 5.91 Å². The Labute approximate surface area is 160 Å². The van der Waals surface area contributed by atoms with Gasteiger partial charge in [0.1, 0.15) is 5.75 Å². The molecule has 3 aromatic rings. The molecule has 28 heavy (non-hydrogen) atoms. The highest BCUT2D eigenvalue weighted by Crippen LogP contribution is 2.17. The Morgan fingerprint density at radius 1 is 1.11 bits per heavy atom. The molecule has 0 atom stereocenters. The normalized spacial score (nSPS) is 10.0. The molecular formula is C20H16N4O4. The molecule has 0 saturated heterocycles. The van der Waals surface area contributed by atoms with E-state index >= 15 is 0 Å². The zero-order valence-electron chi connectivity index (χ0n) is 14.9. The Kier molecular flexibility index (Phi) is 5.67. The highest BCUT2D eigenvalue weighted by molar-refractivity contribution is 6.02. The summed E-state index contributed by atoms with van der Waals surface area (Å²) < 4.78 is 10.1. The van der Waals surface area contributed by atoms with E-state index in [1.807, 2.05) is 0 Å². The molecule has 140 valence electrons. The van der Waals surface area contributed by atoms with Crippen molar-refractivity contribution in [3.8, 4) is 5.75 Å². The summed E-state index contributed by atoms with van der Waals surface area (Å²) in [5.41, 5.74) is 1.58. The van der Waals surface area contributed by atoms with Gasteiger partial charge >= 0.3 is 0 Å². The van der Waals surface area contributed by atoms with Crippen molar-refractivity contribution in [1.82, 2.24) is 10.5 Å². The standard InChI is InChI=1S/C20H16N4O4/c1-21-14-5-7-15(8-6-14)23-20(26)18-11-17(28-24-18)12-22-19(25)13-3-9-16(27-2)10-4-13/h3-11H,12H2,2H3,(H,22,25)(H,23,26). The van der Waals surface area contributed by atoms with Crippen LogP contribution in [0.1, 0.15) is 26.6 Å². The molecule has 0 saturated carbocycles. The van der Waals surface area contributed by atoms with Gasteiger partial charge in [-0.2, -0.15) is 0 Å². The first-order valence-corrected chi connectivity index (χ1v) is 8.26. The van der Waals surface area contributed by atoms with Crippen molar-refractivity contribution < 1.29 is 18.8 Å². The van der Waals surface area contributed by atoms with Crippen molar-refractivity contribution in [3.63, 3.8) is 0 Å². The van der Waals surface area contributed by atoms with E-state index in [-0.39, 0.29) is 18.1 Å². The van der Waals surface area contributed by atoms with E-state index in [1.165, 1.54) is 6.07 Å². The maximum absolute atomic E-state index is 12.2. The van der Waals surface area contributed by atoms with Crippen molar-refractivity contribution in [3.05, 3.63) is 83.0 Å². The summed E-state index contributed by atoms with van der Waals surface area (Å²) in [6.45, 7) is 7.00. The predicted molar refractivity (Wildman–Crippen MR) is 101 cm³/mol. The average molecular weight is 376 g/mol. The van der Waals surface area contributed by atoms with Crippen molar-refractivity contribution in [1.29, 1.82) is 0 Å². The first-order valence-electron chi connectivity index (χ1n) is 8.26. The summed E-state index contributed by atoms with van der Waals surface area (Å²) >= 11 is 0. The Balaban J connectivity index is 1.56. The molecular weight excluding hydrogens is 360 g/mol.